The van der Waals surface area contributed by atoms with Crippen LogP contribution < -0.4 is 10.1 Å². The molecule has 0 heterocycles. The average Bonchev–Trinajstić information content (AvgIpc) is 2.39. The molecule has 4 heteroatoms. The van der Waals surface area contributed by atoms with Crippen LogP contribution in [0.3, 0.4) is 0 Å². The summed E-state index contributed by atoms with van der Waals surface area (Å²) in [6.45, 7) is 2.11. The maximum atomic E-state index is 6.11. The van der Waals surface area contributed by atoms with Crippen LogP contribution >= 0.6 is 27.5 Å². The minimum absolute atomic E-state index is 0.206. The molecule has 0 radical (unpaired) electrons. The molecule has 0 aliphatic rings. The fourth-order valence-corrected chi connectivity index (χ4v) is 2.36. The normalized spacial score (nSPS) is 12.0. The molecule has 19 heavy (non-hydrogen) atoms. The number of anilines is 1. The van der Waals surface area contributed by atoms with Gasteiger partial charge in [-0.1, -0.05) is 39.7 Å². The molecule has 0 saturated heterocycles. The van der Waals surface area contributed by atoms with E-state index in [0.29, 0.717) is 10.8 Å². The van der Waals surface area contributed by atoms with Gasteiger partial charge < -0.3 is 10.1 Å². The zero-order valence-electron chi connectivity index (χ0n) is 10.8. The van der Waals surface area contributed by atoms with Crippen LogP contribution in [0.1, 0.15) is 18.5 Å². The Balaban J connectivity index is 2.12. The first-order valence-electron chi connectivity index (χ1n) is 5.95. The van der Waals surface area contributed by atoms with E-state index in [-0.39, 0.29) is 6.04 Å². The van der Waals surface area contributed by atoms with Crippen LogP contribution in [0.5, 0.6) is 5.75 Å². The van der Waals surface area contributed by atoms with E-state index < -0.39 is 0 Å². The summed E-state index contributed by atoms with van der Waals surface area (Å²) >= 11 is 9.54. The van der Waals surface area contributed by atoms with E-state index in [9.17, 15) is 0 Å². The molecule has 0 spiro atoms. The second-order valence-corrected chi connectivity index (χ2v) is 5.59. The van der Waals surface area contributed by atoms with Gasteiger partial charge in [-0.15, -0.1) is 0 Å². The molecule has 2 aromatic rings. The second kappa shape index (κ2) is 6.31. The van der Waals surface area contributed by atoms with Gasteiger partial charge in [0.2, 0.25) is 0 Å². The minimum Gasteiger partial charge on any atom is -0.495 e. The predicted octanol–water partition coefficient (Wildman–Crippen LogP) is 5.28. The van der Waals surface area contributed by atoms with Crippen LogP contribution in [0.15, 0.2) is 46.9 Å². The van der Waals surface area contributed by atoms with Crippen LogP contribution in [0, 0.1) is 0 Å². The summed E-state index contributed by atoms with van der Waals surface area (Å²) < 4.78 is 6.22. The summed E-state index contributed by atoms with van der Waals surface area (Å²) in [6, 6.07) is 14.1. The first kappa shape index (κ1) is 14.2. The number of halogens is 2. The lowest BCUT2D eigenvalue weighted by Crippen LogP contribution is -2.06. The third-order valence-electron chi connectivity index (χ3n) is 2.90. The van der Waals surface area contributed by atoms with E-state index in [1.54, 1.807) is 7.11 Å². The Bertz CT molecular complexity index is 557. The molecular weight excluding hydrogens is 326 g/mol. The third-order valence-corrected chi connectivity index (χ3v) is 3.73. The molecule has 0 fully saturated rings. The van der Waals surface area contributed by atoms with Crippen LogP contribution in [0.2, 0.25) is 5.02 Å². The van der Waals surface area contributed by atoms with Crippen LogP contribution in [0.4, 0.5) is 5.69 Å². The summed E-state index contributed by atoms with van der Waals surface area (Å²) in [5, 5.41) is 4.02. The molecule has 0 saturated carbocycles. The molecule has 2 nitrogen and oxygen atoms in total. The second-order valence-electron chi connectivity index (χ2n) is 4.27. The first-order valence-corrected chi connectivity index (χ1v) is 7.13. The highest BCUT2D eigenvalue weighted by Crippen LogP contribution is 2.29. The minimum atomic E-state index is 0.206. The molecule has 1 atom stereocenters. The fourth-order valence-electron chi connectivity index (χ4n) is 1.84. The van der Waals surface area contributed by atoms with Crippen molar-refractivity contribution in [3.63, 3.8) is 0 Å². The number of rotatable bonds is 4. The highest BCUT2D eigenvalue weighted by atomic mass is 79.9. The van der Waals surface area contributed by atoms with Gasteiger partial charge in [0.05, 0.1) is 12.1 Å². The molecule has 2 aromatic carbocycles. The van der Waals surface area contributed by atoms with Crippen LogP contribution in [-0.4, -0.2) is 7.11 Å². The van der Waals surface area contributed by atoms with Gasteiger partial charge in [-0.3, -0.25) is 0 Å². The summed E-state index contributed by atoms with van der Waals surface area (Å²) in [7, 11) is 1.61. The predicted molar refractivity (Wildman–Crippen MR) is 84.2 cm³/mol. The van der Waals surface area contributed by atoms with Crippen molar-refractivity contribution in [1.82, 2.24) is 0 Å². The van der Waals surface area contributed by atoms with E-state index in [4.69, 9.17) is 16.3 Å². The maximum Gasteiger partial charge on any atom is 0.137 e. The zero-order chi connectivity index (χ0) is 13.8. The first-order chi connectivity index (χ1) is 9.10. The molecule has 0 bridgehead atoms. The van der Waals surface area contributed by atoms with Crippen molar-refractivity contribution in [2.75, 3.05) is 12.4 Å². The number of nitrogens with one attached hydrogen (secondary N) is 1. The number of hydrogen-bond acceptors (Lipinski definition) is 2. The quantitative estimate of drug-likeness (QED) is 0.817. The summed E-state index contributed by atoms with van der Waals surface area (Å²) in [5.41, 5.74) is 2.19. The van der Waals surface area contributed by atoms with Crippen LogP contribution in [-0.2, 0) is 0 Å². The van der Waals surface area contributed by atoms with Crippen molar-refractivity contribution < 1.29 is 4.74 Å². The maximum absolute atomic E-state index is 6.11. The largest absolute Gasteiger partial charge is 0.495 e. The lowest BCUT2D eigenvalue weighted by Gasteiger charge is -2.16. The van der Waals surface area contributed by atoms with Gasteiger partial charge in [-0.05, 0) is 42.8 Å². The molecule has 2 rings (SSSR count). The Labute approximate surface area is 126 Å². The molecule has 100 valence electrons. The molecule has 0 aromatic heterocycles. The fraction of sp³-hybridized carbons (Fsp3) is 0.200. The van der Waals surface area contributed by atoms with E-state index >= 15 is 0 Å². The van der Waals surface area contributed by atoms with Gasteiger partial charge in [-0.2, -0.15) is 0 Å². The molecule has 0 amide bonds. The Morgan fingerprint density at radius 2 is 1.84 bits per heavy atom. The Kier molecular flexibility index (Phi) is 4.72. The van der Waals surface area contributed by atoms with Crippen molar-refractivity contribution in [3.05, 3.63) is 57.5 Å². The van der Waals surface area contributed by atoms with Crippen molar-refractivity contribution in [2.24, 2.45) is 0 Å². The average molecular weight is 341 g/mol. The standard InChI is InChI=1S/C15H15BrClNO/c1-10(11-3-5-12(16)6-4-11)18-13-7-8-15(19-2)14(17)9-13/h3-10,18H,1-2H3. The number of ether oxygens (including phenoxy) is 1. The van der Waals surface area contributed by atoms with Gasteiger partial charge >= 0.3 is 0 Å². The highest BCUT2D eigenvalue weighted by Gasteiger charge is 2.07. The monoisotopic (exact) mass is 339 g/mol. The SMILES string of the molecule is COc1ccc(NC(C)c2ccc(Br)cc2)cc1Cl. The molecule has 0 aliphatic carbocycles. The van der Waals surface area contributed by atoms with E-state index in [1.165, 1.54) is 5.56 Å². The van der Waals surface area contributed by atoms with Gasteiger partial charge in [0.25, 0.3) is 0 Å². The molecule has 1 N–H and O–H groups in total. The topological polar surface area (TPSA) is 21.3 Å². The number of methoxy groups -OCH3 is 1. The van der Waals surface area contributed by atoms with Gasteiger partial charge in [-0.25, -0.2) is 0 Å². The zero-order valence-corrected chi connectivity index (χ0v) is 13.1. The summed E-state index contributed by atoms with van der Waals surface area (Å²) in [5.74, 6) is 0.684. The third kappa shape index (κ3) is 3.64. The van der Waals surface area contributed by atoms with Crippen molar-refractivity contribution in [2.45, 2.75) is 13.0 Å². The Morgan fingerprint density at radius 3 is 2.42 bits per heavy atom. The number of hydrogen-bond donors (Lipinski definition) is 1. The Hall–Kier alpha value is -1.19. The lowest BCUT2D eigenvalue weighted by atomic mass is 10.1. The van der Waals surface area contributed by atoms with Gasteiger partial charge in [0.1, 0.15) is 5.75 Å². The van der Waals surface area contributed by atoms with Crippen molar-refractivity contribution in [1.29, 1.82) is 0 Å². The summed E-state index contributed by atoms with van der Waals surface area (Å²) in [6.07, 6.45) is 0. The van der Waals surface area contributed by atoms with Crippen LogP contribution in [0.25, 0.3) is 0 Å². The van der Waals surface area contributed by atoms with Gasteiger partial charge in [0.15, 0.2) is 0 Å². The summed E-state index contributed by atoms with van der Waals surface area (Å²) in [4.78, 5) is 0. The highest BCUT2D eigenvalue weighted by molar-refractivity contribution is 9.10. The lowest BCUT2D eigenvalue weighted by molar-refractivity contribution is 0.415. The van der Waals surface area contributed by atoms with Gasteiger partial charge in [0, 0.05) is 16.2 Å². The molecule has 1 unspecified atom stereocenters. The van der Waals surface area contributed by atoms with E-state index in [0.717, 1.165) is 10.2 Å². The molecular formula is C15H15BrClNO. The van der Waals surface area contributed by atoms with E-state index in [2.05, 4.69) is 40.3 Å². The molecule has 0 aliphatic heterocycles. The van der Waals surface area contributed by atoms with E-state index in [1.807, 2.05) is 30.3 Å². The smallest absolute Gasteiger partial charge is 0.137 e. The van der Waals surface area contributed by atoms with Crippen molar-refractivity contribution >= 4 is 33.2 Å². The van der Waals surface area contributed by atoms with Crippen molar-refractivity contribution in [3.8, 4) is 5.75 Å². The number of benzene rings is 2. The Morgan fingerprint density at radius 1 is 1.16 bits per heavy atom.